The van der Waals surface area contributed by atoms with Crippen LogP contribution in [0.25, 0.3) is 0 Å². The second kappa shape index (κ2) is 8.80. The maximum absolute atomic E-state index is 12.4. The highest BCUT2D eigenvalue weighted by Gasteiger charge is 2.15. The highest BCUT2D eigenvalue weighted by atomic mass is 16.5. The molecule has 0 aliphatic carbocycles. The van der Waals surface area contributed by atoms with E-state index in [1.807, 2.05) is 43.3 Å². The van der Waals surface area contributed by atoms with Crippen molar-refractivity contribution >= 4 is 17.2 Å². The minimum atomic E-state index is -0.179. The van der Waals surface area contributed by atoms with Gasteiger partial charge in [0.25, 0.3) is 0 Å². The Morgan fingerprint density at radius 2 is 1.54 bits per heavy atom. The molecule has 0 amide bonds. The van der Waals surface area contributed by atoms with Gasteiger partial charge in [-0.25, -0.2) is 0 Å². The van der Waals surface area contributed by atoms with Crippen LogP contribution in [0, 0.1) is 0 Å². The Morgan fingerprint density at radius 1 is 0.962 bits per heavy atom. The van der Waals surface area contributed by atoms with Crippen LogP contribution in [0.1, 0.15) is 10.4 Å². The molecule has 0 atom stereocenters. The number of rotatable bonds is 8. The van der Waals surface area contributed by atoms with Gasteiger partial charge in [-0.3, -0.25) is 4.79 Å². The van der Waals surface area contributed by atoms with Crippen molar-refractivity contribution in [3.8, 4) is 17.2 Å². The molecule has 6 nitrogen and oxygen atoms in total. The van der Waals surface area contributed by atoms with E-state index >= 15 is 0 Å². The molecular weight excluding hydrogens is 332 g/mol. The molecule has 138 valence electrons. The van der Waals surface area contributed by atoms with Crippen molar-refractivity contribution in [2.45, 2.75) is 0 Å². The normalized spacial score (nSPS) is 10.5. The minimum Gasteiger partial charge on any atom is -0.493 e. The Hall–Kier alpha value is -3.15. The summed E-state index contributed by atoms with van der Waals surface area (Å²) in [6.07, 6.45) is 3.07. The standard InChI is InChI=1S/C20H24N2O4/c1-22(2)16-8-6-15(7-9-16)21-11-10-17(23)14-12-18(24-3)20(26-5)19(13-14)25-4/h6-13,21H,1-5H3. The van der Waals surface area contributed by atoms with Crippen molar-refractivity contribution in [1.82, 2.24) is 0 Å². The van der Waals surface area contributed by atoms with Gasteiger partial charge in [-0.1, -0.05) is 0 Å². The Balaban J connectivity index is 2.12. The second-order valence-corrected chi connectivity index (χ2v) is 5.70. The fourth-order valence-corrected chi connectivity index (χ4v) is 2.39. The first-order chi connectivity index (χ1) is 12.5. The van der Waals surface area contributed by atoms with E-state index < -0.39 is 0 Å². The summed E-state index contributed by atoms with van der Waals surface area (Å²) in [4.78, 5) is 14.5. The smallest absolute Gasteiger partial charge is 0.203 e. The molecule has 26 heavy (non-hydrogen) atoms. The van der Waals surface area contributed by atoms with Crippen LogP contribution < -0.4 is 24.4 Å². The molecule has 0 unspecified atom stereocenters. The molecule has 0 saturated heterocycles. The van der Waals surface area contributed by atoms with E-state index in [0.717, 1.165) is 11.4 Å². The van der Waals surface area contributed by atoms with E-state index in [1.54, 1.807) is 18.3 Å². The number of methoxy groups -OCH3 is 3. The Bertz CT molecular complexity index is 758. The monoisotopic (exact) mass is 356 g/mol. The summed E-state index contributed by atoms with van der Waals surface area (Å²) in [6.45, 7) is 0. The second-order valence-electron chi connectivity index (χ2n) is 5.70. The molecular formula is C20H24N2O4. The highest BCUT2D eigenvalue weighted by molar-refractivity contribution is 6.05. The molecule has 0 spiro atoms. The van der Waals surface area contributed by atoms with Crippen molar-refractivity contribution in [3.05, 3.63) is 54.2 Å². The van der Waals surface area contributed by atoms with Crippen LogP contribution in [0.3, 0.4) is 0 Å². The van der Waals surface area contributed by atoms with Crippen LogP contribution >= 0.6 is 0 Å². The molecule has 0 aliphatic rings. The molecule has 0 saturated carbocycles. The summed E-state index contributed by atoms with van der Waals surface area (Å²) in [5.74, 6) is 1.16. The SMILES string of the molecule is COc1cc(C(=O)C=CNc2ccc(N(C)C)cc2)cc(OC)c1OC. The third kappa shape index (κ3) is 4.47. The molecule has 0 aromatic heterocycles. The maximum Gasteiger partial charge on any atom is 0.203 e. The summed E-state index contributed by atoms with van der Waals surface area (Å²) in [6, 6.07) is 11.1. The Kier molecular flexibility index (Phi) is 6.49. The largest absolute Gasteiger partial charge is 0.493 e. The molecule has 2 aromatic carbocycles. The van der Waals surface area contributed by atoms with Crippen molar-refractivity contribution in [2.24, 2.45) is 0 Å². The summed E-state index contributed by atoms with van der Waals surface area (Å²) in [7, 11) is 8.52. The molecule has 2 rings (SSSR count). The van der Waals surface area contributed by atoms with Crippen molar-refractivity contribution < 1.29 is 19.0 Å². The van der Waals surface area contributed by atoms with E-state index in [0.29, 0.717) is 22.8 Å². The zero-order valence-corrected chi connectivity index (χ0v) is 15.7. The number of nitrogens with zero attached hydrogens (tertiary/aromatic N) is 1. The lowest BCUT2D eigenvalue weighted by atomic mass is 10.1. The predicted octanol–water partition coefficient (Wildman–Crippen LogP) is 3.59. The van der Waals surface area contributed by atoms with Gasteiger partial charge in [0, 0.05) is 43.3 Å². The van der Waals surface area contributed by atoms with Gasteiger partial charge in [0.2, 0.25) is 5.75 Å². The minimum absolute atomic E-state index is 0.179. The lowest BCUT2D eigenvalue weighted by Gasteiger charge is -2.13. The van der Waals surface area contributed by atoms with Gasteiger partial charge in [-0.15, -0.1) is 0 Å². The summed E-state index contributed by atoms with van der Waals surface area (Å²) in [5, 5.41) is 3.08. The van der Waals surface area contributed by atoms with E-state index in [4.69, 9.17) is 14.2 Å². The number of allylic oxidation sites excluding steroid dienone is 1. The number of ether oxygens (including phenoxy) is 3. The molecule has 2 aromatic rings. The highest BCUT2D eigenvalue weighted by Crippen LogP contribution is 2.38. The molecule has 1 N–H and O–H groups in total. The third-order valence-corrected chi connectivity index (χ3v) is 3.82. The number of ketones is 1. The van der Waals surface area contributed by atoms with Crippen molar-refractivity contribution in [1.29, 1.82) is 0 Å². The molecule has 0 radical (unpaired) electrons. The van der Waals surface area contributed by atoms with Crippen LogP contribution in [-0.2, 0) is 0 Å². The molecule has 6 heteroatoms. The first kappa shape index (κ1) is 19.2. The Labute approximate surface area is 154 Å². The van der Waals surface area contributed by atoms with Crippen LogP contribution in [0.2, 0.25) is 0 Å². The van der Waals surface area contributed by atoms with Gasteiger partial charge in [0.05, 0.1) is 21.3 Å². The van der Waals surface area contributed by atoms with Gasteiger partial charge in [0.15, 0.2) is 17.3 Å². The first-order valence-electron chi connectivity index (χ1n) is 8.05. The Morgan fingerprint density at radius 3 is 2.00 bits per heavy atom. The topological polar surface area (TPSA) is 60.0 Å². The summed E-state index contributed by atoms with van der Waals surface area (Å²) in [5.41, 5.74) is 2.44. The zero-order valence-electron chi connectivity index (χ0n) is 15.7. The molecule has 0 aliphatic heterocycles. The molecule has 0 heterocycles. The average Bonchev–Trinajstić information content (AvgIpc) is 2.66. The van der Waals surface area contributed by atoms with E-state index in [9.17, 15) is 4.79 Å². The zero-order chi connectivity index (χ0) is 19.1. The van der Waals surface area contributed by atoms with Crippen molar-refractivity contribution in [2.75, 3.05) is 45.6 Å². The predicted molar refractivity (Wildman–Crippen MR) is 104 cm³/mol. The lowest BCUT2D eigenvalue weighted by Crippen LogP contribution is -2.08. The maximum atomic E-state index is 12.4. The third-order valence-electron chi connectivity index (χ3n) is 3.82. The van der Waals surface area contributed by atoms with Gasteiger partial charge in [-0.05, 0) is 36.4 Å². The van der Waals surface area contributed by atoms with Crippen LogP contribution in [0.4, 0.5) is 11.4 Å². The molecule has 0 bridgehead atoms. The van der Waals surface area contributed by atoms with Crippen LogP contribution in [-0.4, -0.2) is 41.2 Å². The van der Waals surface area contributed by atoms with Crippen LogP contribution in [0.5, 0.6) is 17.2 Å². The number of hydrogen-bond acceptors (Lipinski definition) is 6. The number of anilines is 2. The number of benzene rings is 2. The number of carbonyl (C=O) groups is 1. The fraction of sp³-hybridized carbons (Fsp3) is 0.250. The number of carbonyl (C=O) groups excluding carboxylic acids is 1. The quantitative estimate of drug-likeness (QED) is 0.576. The summed E-state index contributed by atoms with van der Waals surface area (Å²) >= 11 is 0. The first-order valence-corrected chi connectivity index (χ1v) is 8.05. The lowest BCUT2D eigenvalue weighted by molar-refractivity contribution is 0.104. The van der Waals surface area contributed by atoms with Gasteiger partial charge in [-0.2, -0.15) is 0 Å². The number of nitrogens with one attached hydrogen (secondary N) is 1. The van der Waals surface area contributed by atoms with E-state index in [2.05, 4.69) is 5.32 Å². The molecule has 0 fully saturated rings. The van der Waals surface area contributed by atoms with E-state index in [1.165, 1.54) is 27.4 Å². The van der Waals surface area contributed by atoms with Gasteiger partial charge in [0.1, 0.15) is 0 Å². The number of hydrogen-bond donors (Lipinski definition) is 1. The van der Waals surface area contributed by atoms with Gasteiger partial charge < -0.3 is 24.4 Å². The average molecular weight is 356 g/mol. The fourth-order valence-electron chi connectivity index (χ4n) is 2.39. The van der Waals surface area contributed by atoms with Gasteiger partial charge >= 0.3 is 0 Å². The summed E-state index contributed by atoms with van der Waals surface area (Å²) < 4.78 is 15.8. The van der Waals surface area contributed by atoms with Crippen molar-refractivity contribution in [3.63, 3.8) is 0 Å². The van der Waals surface area contributed by atoms with E-state index in [-0.39, 0.29) is 5.78 Å². The van der Waals surface area contributed by atoms with Crippen LogP contribution in [0.15, 0.2) is 48.7 Å².